The Hall–Kier alpha value is -0.870. The predicted molar refractivity (Wildman–Crippen MR) is 67.1 cm³/mol. The number of nitrogens with one attached hydrogen (secondary N) is 1. The van der Waals surface area contributed by atoms with Crippen molar-refractivity contribution in [2.45, 2.75) is 44.2 Å². The van der Waals surface area contributed by atoms with E-state index in [1.54, 1.807) is 11.3 Å². The van der Waals surface area contributed by atoms with Gasteiger partial charge in [0.25, 0.3) is 0 Å². The van der Waals surface area contributed by atoms with Gasteiger partial charge in [0.1, 0.15) is 12.1 Å². The quantitative estimate of drug-likeness (QED) is 0.832. The number of rotatable bonds is 1. The molecular weight excluding hydrogens is 234 g/mol. The van der Waals surface area contributed by atoms with Crippen molar-refractivity contribution in [2.75, 3.05) is 6.61 Å². The molecule has 0 unspecified atom stereocenters. The van der Waals surface area contributed by atoms with E-state index in [2.05, 4.69) is 23.7 Å². The maximum atomic E-state index is 11.7. The molecular formula is C13H17NO2S. The van der Waals surface area contributed by atoms with Crippen molar-refractivity contribution in [3.8, 4) is 0 Å². The van der Waals surface area contributed by atoms with E-state index in [9.17, 15) is 4.79 Å². The second-order valence-electron chi connectivity index (χ2n) is 5.00. The van der Waals surface area contributed by atoms with Gasteiger partial charge in [0, 0.05) is 4.88 Å². The highest BCUT2D eigenvalue weighted by Crippen LogP contribution is 2.43. The zero-order valence-corrected chi connectivity index (χ0v) is 10.8. The van der Waals surface area contributed by atoms with Crippen LogP contribution in [0.4, 0.5) is 0 Å². The van der Waals surface area contributed by atoms with E-state index in [1.807, 2.05) is 0 Å². The van der Waals surface area contributed by atoms with Crippen LogP contribution < -0.4 is 5.32 Å². The van der Waals surface area contributed by atoms with Crippen LogP contribution in [-0.2, 0) is 15.1 Å². The maximum Gasteiger partial charge on any atom is 0.246 e. The van der Waals surface area contributed by atoms with Gasteiger partial charge >= 0.3 is 0 Å². The first-order valence-corrected chi connectivity index (χ1v) is 7.07. The van der Waals surface area contributed by atoms with Gasteiger partial charge < -0.3 is 10.1 Å². The van der Waals surface area contributed by atoms with Crippen LogP contribution in [-0.4, -0.2) is 18.6 Å². The Balaban J connectivity index is 2.05. The van der Waals surface area contributed by atoms with Gasteiger partial charge in [0.15, 0.2) is 0 Å². The molecule has 1 aromatic rings. The normalized spacial score (nSPS) is 33.0. The number of amides is 1. The molecule has 1 amide bonds. The Morgan fingerprint density at radius 2 is 2.41 bits per heavy atom. The van der Waals surface area contributed by atoms with Crippen LogP contribution >= 0.6 is 11.3 Å². The number of aryl methyl sites for hydroxylation is 1. The number of thiophene rings is 1. The minimum absolute atomic E-state index is 0.0240. The van der Waals surface area contributed by atoms with Crippen LogP contribution in [0, 0.1) is 6.92 Å². The van der Waals surface area contributed by atoms with Crippen molar-refractivity contribution in [3.63, 3.8) is 0 Å². The molecule has 2 heterocycles. The molecule has 1 aromatic heterocycles. The van der Waals surface area contributed by atoms with Gasteiger partial charge in [-0.05, 0) is 36.8 Å². The molecule has 1 N–H and O–H groups in total. The van der Waals surface area contributed by atoms with Crippen molar-refractivity contribution in [3.05, 3.63) is 21.9 Å². The molecule has 3 nitrogen and oxygen atoms in total. The van der Waals surface area contributed by atoms with Crippen molar-refractivity contribution >= 4 is 17.2 Å². The van der Waals surface area contributed by atoms with Crippen LogP contribution in [0.2, 0.25) is 0 Å². The van der Waals surface area contributed by atoms with Crippen molar-refractivity contribution in [1.82, 2.24) is 5.32 Å². The summed E-state index contributed by atoms with van der Waals surface area (Å²) in [7, 11) is 0. The van der Waals surface area contributed by atoms with Gasteiger partial charge in [-0.3, -0.25) is 4.79 Å². The lowest BCUT2D eigenvalue weighted by molar-refractivity contribution is -0.148. The molecule has 0 spiro atoms. The first-order valence-electron chi connectivity index (χ1n) is 6.19. The van der Waals surface area contributed by atoms with Gasteiger partial charge in [-0.1, -0.05) is 12.8 Å². The fourth-order valence-corrected chi connectivity index (χ4v) is 4.27. The molecule has 0 bridgehead atoms. The summed E-state index contributed by atoms with van der Waals surface area (Å²) in [5.74, 6) is 0.0240. The topological polar surface area (TPSA) is 38.3 Å². The number of hydrogen-bond donors (Lipinski definition) is 1. The largest absolute Gasteiger partial charge is 0.366 e. The Morgan fingerprint density at radius 3 is 3.18 bits per heavy atom. The predicted octanol–water partition coefficient (Wildman–Crippen LogP) is 2.34. The Labute approximate surface area is 105 Å². The van der Waals surface area contributed by atoms with Crippen LogP contribution in [0.15, 0.2) is 11.4 Å². The van der Waals surface area contributed by atoms with Crippen LogP contribution in [0.25, 0.3) is 0 Å². The number of fused-ring (bicyclic) bond motifs is 1. The number of morpholine rings is 1. The van der Waals surface area contributed by atoms with Gasteiger partial charge in [0.05, 0.1) is 6.10 Å². The molecule has 1 aliphatic heterocycles. The standard InChI is InChI=1S/C13H17NO2S/c1-9-5-7-17-12(9)13-6-3-2-4-10(13)16-8-11(15)14-13/h5,7,10H,2-4,6,8H2,1H3,(H,14,15)/t10-,13+/m1/s1. The fraction of sp³-hybridized carbons (Fsp3) is 0.615. The Bertz CT molecular complexity index is 442. The molecule has 1 saturated heterocycles. The molecule has 4 heteroatoms. The first kappa shape index (κ1) is 11.2. The Kier molecular flexibility index (Phi) is 2.71. The second-order valence-corrected chi connectivity index (χ2v) is 5.91. The van der Waals surface area contributed by atoms with E-state index in [0.29, 0.717) is 0 Å². The van der Waals surface area contributed by atoms with Crippen LogP contribution in [0.3, 0.4) is 0 Å². The molecule has 2 fully saturated rings. The molecule has 3 rings (SSSR count). The molecule has 2 aliphatic rings. The summed E-state index contributed by atoms with van der Waals surface area (Å²) >= 11 is 1.74. The highest BCUT2D eigenvalue weighted by atomic mass is 32.1. The van der Waals surface area contributed by atoms with Gasteiger partial charge in [-0.25, -0.2) is 0 Å². The van der Waals surface area contributed by atoms with E-state index in [-0.39, 0.29) is 24.2 Å². The average Bonchev–Trinajstić information content (AvgIpc) is 2.75. The van der Waals surface area contributed by atoms with Crippen LogP contribution in [0.1, 0.15) is 36.1 Å². The summed E-state index contributed by atoms with van der Waals surface area (Å²) in [5, 5.41) is 5.32. The van der Waals surface area contributed by atoms with Crippen molar-refractivity contribution in [1.29, 1.82) is 0 Å². The average molecular weight is 251 g/mol. The lowest BCUT2D eigenvalue weighted by atomic mass is 9.76. The van der Waals surface area contributed by atoms with E-state index < -0.39 is 0 Å². The third-order valence-electron chi connectivity index (χ3n) is 3.88. The number of carbonyl (C=O) groups excluding carboxylic acids is 1. The Morgan fingerprint density at radius 1 is 1.53 bits per heavy atom. The highest BCUT2D eigenvalue weighted by molar-refractivity contribution is 7.10. The minimum atomic E-state index is -0.244. The molecule has 0 radical (unpaired) electrons. The van der Waals surface area contributed by atoms with E-state index >= 15 is 0 Å². The number of carbonyl (C=O) groups is 1. The zero-order chi connectivity index (χ0) is 11.9. The smallest absolute Gasteiger partial charge is 0.246 e. The third kappa shape index (κ3) is 1.70. The molecule has 2 atom stereocenters. The molecule has 92 valence electrons. The van der Waals surface area contributed by atoms with Gasteiger partial charge in [0.2, 0.25) is 5.91 Å². The highest BCUT2D eigenvalue weighted by Gasteiger charge is 2.48. The minimum Gasteiger partial charge on any atom is -0.366 e. The summed E-state index contributed by atoms with van der Waals surface area (Å²) in [6.45, 7) is 2.34. The summed E-state index contributed by atoms with van der Waals surface area (Å²) < 4.78 is 5.77. The third-order valence-corrected chi connectivity index (χ3v) is 5.08. The molecule has 17 heavy (non-hydrogen) atoms. The maximum absolute atomic E-state index is 11.7. The van der Waals surface area contributed by atoms with Gasteiger partial charge in [-0.15, -0.1) is 11.3 Å². The first-order chi connectivity index (χ1) is 8.22. The summed E-state index contributed by atoms with van der Waals surface area (Å²) in [5.41, 5.74) is 1.03. The van der Waals surface area contributed by atoms with E-state index in [4.69, 9.17) is 4.74 Å². The lowest BCUT2D eigenvalue weighted by Crippen LogP contribution is -2.61. The summed E-state index contributed by atoms with van der Waals surface area (Å²) in [6.07, 6.45) is 4.58. The molecule has 1 aliphatic carbocycles. The van der Waals surface area contributed by atoms with E-state index in [0.717, 1.165) is 19.3 Å². The summed E-state index contributed by atoms with van der Waals surface area (Å²) in [4.78, 5) is 13.0. The van der Waals surface area contributed by atoms with Gasteiger partial charge in [-0.2, -0.15) is 0 Å². The second kappa shape index (κ2) is 4.10. The monoisotopic (exact) mass is 251 g/mol. The number of hydrogen-bond acceptors (Lipinski definition) is 3. The lowest BCUT2D eigenvalue weighted by Gasteiger charge is -2.47. The van der Waals surface area contributed by atoms with E-state index in [1.165, 1.54) is 16.9 Å². The molecule has 1 saturated carbocycles. The zero-order valence-electron chi connectivity index (χ0n) is 9.99. The van der Waals surface area contributed by atoms with Crippen molar-refractivity contribution < 1.29 is 9.53 Å². The van der Waals surface area contributed by atoms with Crippen LogP contribution in [0.5, 0.6) is 0 Å². The SMILES string of the molecule is Cc1ccsc1[C@]12CCCC[C@H]1OCC(=O)N2. The van der Waals surface area contributed by atoms with Crippen molar-refractivity contribution in [2.24, 2.45) is 0 Å². The summed E-state index contributed by atoms with van der Waals surface area (Å²) in [6, 6.07) is 2.13. The number of ether oxygens (including phenoxy) is 1. The fourth-order valence-electron chi connectivity index (χ4n) is 3.12. The molecule has 0 aromatic carbocycles.